The summed E-state index contributed by atoms with van der Waals surface area (Å²) in [6.45, 7) is 0. The van der Waals surface area contributed by atoms with Crippen molar-refractivity contribution in [2.24, 2.45) is 0 Å². The van der Waals surface area contributed by atoms with Gasteiger partial charge < -0.3 is 8.97 Å². The molecule has 0 fully saturated rings. The van der Waals surface area contributed by atoms with E-state index in [-0.39, 0.29) is 10.5 Å². The van der Waals surface area contributed by atoms with Gasteiger partial charge in [0.05, 0.1) is 4.90 Å². The molecule has 0 saturated carbocycles. The minimum atomic E-state index is -4.47. The third kappa shape index (κ3) is 1.90. The quantitative estimate of drug-likeness (QED) is 0.526. The predicted octanol–water partition coefficient (Wildman–Crippen LogP) is 0.697. The van der Waals surface area contributed by atoms with Gasteiger partial charge in [0.25, 0.3) is 0 Å². The highest BCUT2D eigenvalue weighted by Gasteiger charge is 2.03. The average Bonchev–Trinajstić information content (AvgIpc) is 2.15. The van der Waals surface area contributed by atoms with Crippen molar-refractivity contribution < 1.29 is 17.4 Å². The highest BCUT2D eigenvalue weighted by molar-refractivity contribution is 7.85. The lowest BCUT2D eigenvalue weighted by atomic mass is 10.2. The molecule has 0 aliphatic rings. The summed E-state index contributed by atoms with van der Waals surface area (Å²) < 4.78 is 36.9. The zero-order valence-electron chi connectivity index (χ0n) is 7.34. The third-order valence-corrected chi connectivity index (χ3v) is 2.71. The third-order valence-electron chi connectivity index (χ3n) is 1.88. The van der Waals surface area contributed by atoms with Crippen LogP contribution in [0.15, 0.2) is 44.4 Å². The number of fused-ring (bicyclic) bond motifs is 1. The van der Waals surface area contributed by atoms with Crippen LogP contribution in [0, 0.1) is 0 Å². The highest BCUT2D eigenvalue weighted by Crippen LogP contribution is 2.17. The van der Waals surface area contributed by atoms with E-state index in [0.717, 1.165) is 12.1 Å². The van der Waals surface area contributed by atoms with E-state index in [1.54, 1.807) is 0 Å². The van der Waals surface area contributed by atoms with E-state index in [4.69, 9.17) is 4.42 Å². The van der Waals surface area contributed by atoms with E-state index in [0.29, 0.717) is 5.39 Å². The Kier molecular flexibility index (Phi) is 2.09. The second kappa shape index (κ2) is 3.18. The molecule has 15 heavy (non-hydrogen) atoms. The van der Waals surface area contributed by atoms with Gasteiger partial charge >= 0.3 is 5.63 Å². The molecule has 0 atom stereocenters. The molecule has 1 aromatic heterocycles. The fraction of sp³-hybridized carbons (Fsp3) is 0. The van der Waals surface area contributed by atoms with Gasteiger partial charge in [0, 0.05) is 11.5 Å². The van der Waals surface area contributed by atoms with Crippen molar-refractivity contribution in [3.05, 3.63) is 40.8 Å². The molecule has 2 aromatic rings. The van der Waals surface area contributed by atoms with Crippen LogP contribution in [0.5, 0.6) is 0 Å². The van der Waals surface area contributed by atoms with Gasteiger partial charge in [-0.15, -0.1) is 0 Å². The van der Waals surface area contributed by atoms with Crippen LogP contribution in [0.25, 0.3) is 11.0 Å². The molecule has 0 bridgehead atoms. The first-order valence-electron chi connectivity index (χ1n) is 3.97. The molecule has 0 unspecified atom stereocenters. The number of hydrogen-bond acceptors (Lipinski definition) is 5. The van der Waals surface area contributed by atoms with Crippen molar-refractivity contribution in [2.75, 3.05) is 0 Å². The smallest absolute Gasteiger partial charge is 0.336 e. The second-order valence-corrected chi connectivity index (χ2v) is 4.29. The van der Waals surface area contributed by atoms with Gasteiger partial charge in [-0.25, -0.2) is 13.2 Å². The summed E-state index contributed by atoms with van der Waals surface area (Å²) in [7, 11) is -4.47. The predicted molar refractivity (Wildman–Crippen MR) is 50.4 cm³/mol. The molecule has 6 heteroatoms. The SMILES string of the molecule is O=c1ccc2cc(S(=O)(=O)[O-])ccc2o1. The molecular formula is C9H5O5S-. The summed E-state index contributed by atoms with van der Waals surface area (Å²) in [5.41, 5.74) is -0.282. The molecular weight excluding hydrogens is 220 g/mol. The minimum Gasteiger partial charge on any atom is -0.744 e. The van der Waals surface area contributed by atoms with E-state index in [9.17, 15) is 17.8 Å². The normalized spacial score (nSPS) is 11.8. The van der Waals surface area contributed by atoms with Gasteiger partial charge in [-0.3, -0.25) is 0 Å². The summed E-state index contributed by atoms with van der Waals surface area (Å²) >= 11 is 0. The Labute approximate surface area is 84.7 Å². The van der Waals surface area contributed by atoms with Crippen molar-refractivity contribution in [1.29, 1.82) is 0 Å². The van der Waals surface area contributed by atoms with Gasteiger partial charge in [0.1, 0.15) is 15.7 Å². The van der Waals surface area contributed by atoms with Crippen molar-refractivity contribution in [2.45, 2.75) is 4.90 Å². The van der Waals surface area contributed by atoms with Crippen LogP contribution in [0.3, 0.4) is 0 Å². The van der Waals surface area contributed by atoms with E-state index in [1.165, 1.54) is 18.2 Å². The van der Waals surface area contributed by atoms with Gasteiger partial charge in [-0.2, -0.15) is 0 Å². The van der Waals surface area contributed by atoms with Crippen LogP contribution in [-0.2, 0) is 10.1 Å². The topological polar surface area (TPSA) is 87.4 Å². The van der Waals surface area contributed by atoms with Gasteiger partial charge in [0.15, 0.2) is 0 Å². The van der Waals surface area contributed by atoms with Crippen LogP contribution in [0.1, 0.15) is 0 Å². The Bertz CT molecular complexity index is 668. The maximum absolute atomic E-state index is 10.8. The lowest BCUT2D eigenvalue weighted by Crippen LogP contribution is -1.99. The van der Waals surface area contributed by atoms with Crippen molar-refractivity contribution in [1.82, 2.24) is 0 Å². The molecule has 2 rings (SSSR count). The van der Waals surface area contributed by atoms with Crippen LogP contribution >= 0.6 is 0 Å². The monoisotopic (exact) mass is 225 g/mol. The second-order valence-electron chi connectivity index (χ2n) is 2.91. The van der Waals surface area contributed by atoms with Crippen molar-refractivity contribution >= 4 is 21.1 Å². The first-order chi connectivity index (χ1) is 6.97. The molecule has 1 heterocycles. The summed E-state index contributed by atoms with van der Waals surface area (Å²) in [6, 6.07) is 6.11. The Morgan fingerprint density at radius 3 is 2.53 bits per heavy atom. The van der Waals surface area contributed by atoms with Crippen LogP contribution in [-0.4, -0.2) is 13.0 Å². The number of benzene rings is 1. The summed E-state index contributed by atoms with van der Waals surface area (Å²) in [4.78, 5) is 10.5. The standard InChI is InChI=1S/C9H6O5S/c10-9-4-1-6-5-7(15(11,12)13)2-3-8(6)14-9/h1-5H,(H,11,12,13)/p-1. The van der Waals surface area contributed by atoms with Crippen LogP contribution < -0.4 is 5.63 Å². The first-order valence-corrected chi connectivity index (χ1v) is 5.37. The molecule has 5 nitrogen and oxygen atoms in total. The van der Waals surface area contributed by atoms with Gasteiger partial charge in [0.2, 0.25) is 0 Å². The molecule has 0 aliphatic carbocycles. The largest absolute Gasteiger partial charge is 0.744 e. The van der Waals surface area contributed by atoms with Gasteiger partial charge in [-0.05, 0) is 24.3 Å². The van der Waals surface area contributed by atoms with Crippen LogP contribution in [0.4, 0.5) is 0 Å². The zero-order valence-corrected chi connectivity index (χ0v) is 8.15. The van der Waals surface area contributed by atoms with E-state index in [1.807, 2.05) is 0 Å². The molecule has 0 aliphatic heterocycles. The molecule has 0 amide bonds. The Morgan fingerprint density at radius 1 is 1.13 bits per heavy atom. The lowest BCUT2D eigenvalue weighted by Gasteiger charge is -2.06. The van der Waals surface area contributed by atoms with E-state index < -0.39 is 15.7 Å². The van der Waals surface area contributed by atoms with Gasteiger partial charge in [-0.1, -0.05) is 0 Å². The lowest BCUT2D eigenvalue weighted by molar-refractivity contribution is 0.463. The van der Waals surface area contributed by atoms with Crippen molar-refractivity contribution in [3.8, 4) is 0 Å². The van der Waals surface area contributed by atoms with Crippen LogP contribution in [0.2, 0.25) is 0 Å². The molecule has 78 valence electrons. The summed E-state index contributed by atoms with van der Waals surface area (Å²) in [6.07, 6.45) is 0. The maximum Gasteiger partial charge on any atom is 0.336 e. The first kappa shape index (κ1) is 9.88. The Balaban J connectivity index is 2.78. The van der Waals surface area contributed by atoms with E-state index >= 15 is 0 Å². The zero-order chi connectivity index (χ0) is 11.1. The molecule has 0 N–H and O–H groups in total. The Morgan fingerprint density at radius 2 is 1.87 bits per heavy atom. The van der Waals surface area contributed by atoms with E-state index in [2.05, 4.69) is 0 Å². The minimum absolute atomic E-state index is 0.245. The maximum atomic E-state index is 10.8. The summed E-state index contributed by atoms with van der Waals surface area (Å²) in [5.74, 6) is 0. The highest BCUT2D eigenvalue weighted by atomic mass is 32.2. The number of rotatable bonds is 1. The molecule has 0 saturated heterocycles. The molecule has 0 radical (unpaired) electrons. The fourth-order valence-electron chi connectivity index (χ4n) is 1.21. The fourth-order valence-corrected chi connectivity index (χ4v) is 1.71. The summed E-state index contributed by atoms with van der Waals surface area (Å²) in [5, 5.41) is 0.395. The molecule has 0 spiro atoms. The average molecular weight is 225 g/mol. The Hall–Kier alpha value is -1.66. The number of hydrogen-bond donors (Lipinski definition) is 0. The van der Waals surface area contributed by atoms with Crippen molar-refractivity contribution in [3.63, 3.8) is 0 Å². The molecule has 1 aromatic carbocycles.